The van der Waals surface area contributed by atoms with Crippen LogP contribution in [0.1, 0.15) is 29.2 Å². The quantitative estimate of drug-likeness (QED) is 0.388. The summed E-state index contributed by atoms with van der Waals surface area (Å²) in [6.07, 6.45) is 0. The van der Waals surface area contributed by atoms with Crippen molar-refractivity contribution in [3.8, 4) is 0 Å². The van der Waals surface area contributed by atoms with Gasteiger partial charge in [0.15, 0.2) is 0 Å². The fourth-order valence-corrected chi connectivity index (χ4v) is 7.16. The van der Waals surface area contributed by atoms with Crippen LogP contribution in [0.3, 0.4) is 0 Å². The van der Waals surface area contributed by atoms with Crippen molar-refractivity contribution >= 4 is 58.2 Å². The zero-order chi connectivity index (χ0) is 26.1. The van der Waals surface area contributed by atoms with Crippen LogP contribution in [0.2, 0.25) is 0 Å². The SMILES string of the molecule is CC(=O)Nc1ccc(NC(=O)CN2C(=O)[C@@H]3[C@H](C2=O)C2(Cl)c4ccccc4C3(Cl)c3ccccc32)cc1. The third-order valence-corrected chi connectivity index (χ3v) is 8.75. The van der Waals surface area contributed by atoms with E-state index >= 15 is 0 Å². The van der Waals surface area contributed by atoms with Gasteiger partial charge >= 0.3 is 0 Å². The maximum atomic E-state index is 13.8. The molecule has 37 heavy (non-hydrogen) atoms. The number of likely N-dealkylation sites (tertiary alicyclic amines) is 1. The predicted octanol–water partition coefficient (Wildman–Crippen LogP) is 4.18. The molecule has 3 aromatic carbocycles. The highest BCUT2D eigenvalue weighted by molar-refractivity contribution is 6.36. The van der Waals surface area contributed by atoms with Crippen molar-refractivity contribution in [3.63, 3.8) is 0 Å². The molecular formula is C28H21Cl2N3O4. The molecule has 4 amide bonds. The van der Waals surface area contributed by atoms with E-state index in [1.54, 1.807) is 24.3 Å². The molecule has 0 saturated carbocycles. The first-order valence-corrected chi connectivity index (χ1v) is 12.5. The Labute approximate surface area is 222 Å². The van der Waals surface area contributed by atoms with Crippen LogP contribution < -0.4 is 10.6 Å². The van der Waals surface area contributed by atoms with Gasteiger partial charge < -0.3 is 10.6 Å². The molecule has 1 saturated heterocycles. The van der Waals surface area contributed by atoms with Crippen LogP contribution in [0.15, 0.2) is 72.8 Å². The second kappa shape index (κ2) is 8.16. The molecule has 2 N–H and O–H groups in total. The van der Waals surface area contributed by atoms with E-state index in [4.69, 9.17) is 23.2 Å². The summed E-state index contributed by atoms with van der Waals surface area (Å²) < 4.78 is 0. The van der Waals surface area contributed by atoms with Crippen molar-refractivity contribution in [1.29, 1.82) is 0 Å². The molecule has 0 spiro atoms. The third kappa shape index (κ3) is 3.20. The first-order valence-electron chi connectivity index (χ1n) is 11.8. The Kier molecular flexibility index (Phi) is 5.23. The monoisotopic (exact) mass is 533 g/mol. The van der Waals surface area contributed by atoms with Crippen LogP contribution in [0.4, 0.5) is 11.4 Å². The lowest BCUT2D eigenvalue weighted by atomic mass is 9.54. The molecule has 3 aromatic rings. The van der Waals surface area contributed by atoms with Crippen LogP contribution in [-0.4, -0.2) is 35.1 Å². The Morgan fingerprint density at radius 3 is 1.49 bits per heavy atom. The summed E-state index contributed by atoms with van der Waals surface area (Å²) in [4.78, 5) is 50.1. The molecule has 1 aliphatic heterocycles. The predicted molar refractivity (Wildman–Crippen MR) is 139 cm³/mol. The van der Waals surface area contributed by atoms with E-state index in [2.05, 4.69) is 10.6 Å². The van der Waals surface area contributed by atoms with Gasteiger partial charge in [-0.15, -0.1) is 23.2 Å². The van der Waals surface area contributed by atoms with Crippen molar-refractivity contribution in [1.82, 2.24) is 4.90 Å². The summed E-state index contributed by atoms with van der Waals surface area (Å²) in [5, 5.41) is 5.35. The fraction of sp³-hybridized carbons (Fsp3) is 0.214. The second-order valence-electron chi connectivity index (χ2n) is 9.54. The molecule has 9 heteroatoms. The van der Waals surface area contributed by atoms with Gasteiger partial charge in [-0.2, -0.15) is 0 Å². The van der Waals surface area contributed by atoms with Gasteiger partial charge in [0.1, 0.15) is 16.3 Å². The Morgan fingerprint density at radius 1 is 0.730 bits per heavy atom. The lowest BCUT2D eigenvalue weighted by Crippen LogP contribution is -2.57. The highest BCUT2D eigenvalue weighted by Crippen LogP contribution is 2.69. The third-order valence-electron chi connectivity index (χ3n) is 7.47. The molecule has 4 aliphatic rings. The molecule has 2 bridgehead atoms. The van der Waals surface area contributed by atoms with E-state index in [0.717, 1.165) is 4.90 Å². The summed E-state index contributed by atoms with van der Waals surface area (Å²) >= 11 is 14.8. The number of amides is 4. The molecule has 1 heterocycles. The molecular weight excluding hydrogens is 513 g/mol. The number of imide groups is 1. The normalized spacial score (nSPS) is 26.8. The Hall–Kier alpha value is -3.68. The van der Waals surface area contributed by atoms with Crippen LogP contribution in [0, 0.1) is 11.8 Å². The lowest BCUT2D eigenvalue weighted by Gasteiger charge is -2.54. The zero-order valence-corrected chi connectivity index (χ0v) is 21.1. The summed E-state index contributed by atoms with van der Waals surface area (Å²) in [5.74, 6) is -3.69. The molecule has 0 radical (unpaired) electrons. The van der Waals surface area contributed by atoms with Crippen LogP contribution in [-0.2, 0) is 28.9 Å². The van der Waals surface area contributed by atoms with E-state index in [1.807, 2.05) is 48.5 Å². The van der Waals surface area contributed by atoms with E-state index in [0.29, 0.717) is 33.6 Å². The van der Waals surface area contributed by atoms with E-state index < -0.39 is 45.9 Å². The van der Waals surface area contributed by atoms with Gasteiger partial charge in [-0.3, -0.25) is 24.1 Å². The molecule has 0 unspecified atom stereocenters. The Balaban J connectivity index is 1.33. The number of rotatable bonds is 4. The van der Waals surface area contributed by atoms with Gasteiger partial charge in [-0.25, -0.2) is 0 Å². The average Bonchev–Trinajstić information content (AvgIpc) is 3.14. The van der Waals surface area contributed by atoms with E-state index in [9.17, 15) is 19.2 Å². The van der Waals surface area contributed by atoms with Crippen LogP contribution in [0.5, 0.6) is 0 Å². The number of anilines is 2. The Morgan fingerprint density at radius 2 is 1.11 bits per heavy atom. The number of carbonyl (C=O) groups excluding carboxylic acids is 4. The summed E-state index contributed by atoms with van der Waals surface area (Å²) in [7, 11) is 0. The fourth-order valence-electron chi connectivity index (χ4n) is 6.06. The first-order chi connectivity index (χ1) is 17.7. The van der Waals surface area contributed by atoms with Crippen molar-refractivity contribution < 1.29 is 19.2 Å². The summed E-state index contributed by atoms with van der Waals surface area (Å²) in [6, 6.07) is 21.3. The Bertz CT molecular complexity index is 1380. The molecule has 1 fully saturated rings. The minimum absolute atomic E-state index is 0.211. The number of hydrogen-bond acceptors (Lipinski definition) is 4. The van der Waals surface area contributed by atoms with Gasteiger partial charge in [0.05, 0.1) is 11.8 Å². The number of hydrogen-bond donors (Lipinski definition) is 2. The minimum Gasteiger partial charge on any atom is -0.326 e. The minimum atomic E-state index is -1.29. The van der Waals surface area contributed by atoms with Crippen molar-refractivity contribution in [2.45, 2.75) is 16.7 Å². The lowest BCUT2D eigenvalue weighted by molar-refractivity contribution is -0.142. The molecule has 0 aromatic heterocycles. The number of benzene rings is 3. The van der Waals surface area contributed by atoms with E-state index in [-0.39, 0.29) is 5.91 Å². The number of nitrogens with zero attached hydrogens (tertiary/aromatic N) is 1. The summed E-state index contributed by atoms with van der Waals surface area (Å²) in [6.45, 7) is 0.932. The second-order valence-corrected chi connectivity index (χ2v) is 10.7. The smallest absolute Gasteiger partial charge is 0.244 e. The largest absolute Gasteiger partial charge is 0.326 e. The number of halogens is 2. The average molecular weight is 534 g/mol. The van der Waals surface area contributed by atoms with Gasteiger partial charge in [0, 0.05) is 18.3 Å². The summed E-state index contributed by atoms with van der Waals surface area (Å²) in [5.41, 5.74) is 3.86. The van der Waals surface area contributed by atoms with Crippen molar-refractivity contribution in [2.24, 2.45) is 11.8 Å². The van der Waals surface area contributed by atoms with Gasteiger partial charge in [-0.1, -0.05) is 48.5 Å². The molecule has 7 nitrogen and oxygen atoms in total. The maximum absolute atomic E-state index is 13.8. The highest BCUT2D eigenvalue weighted by Gasteiger charge is 2.73. The van der Waals surface area contributed by atoms with Gasteiger partial charge in [0.2, 0.25) is 23.6 Å². The zero-order valence-electron chi connectivity index (χ0n) is 19.6. The standard InChI is InChI=1S/C28H21Cl2N3O4/c1-15(34)31-16-10-12-17(13-11-16)32-22(35)14-33-25(36)23-24(26(33)37)28(30)19-7-3-2-6-18(19)27(23,29)20-8-4-5-9-21(20)28/h2-13,23-24H,14H2,1H3,(H,31,34)(H,32,35)/t23-,24+,27?,28?. The topological polar surface area (TPSA) is 95.6 Å². The van der Waals surface area contributed by atoms with Gasteiger partial charge in [-0.05, 0) is 46.5 Å². The molecule has 186 valence electrons. The molecule has 7 rings (SSSR count). The number of alkyl halides is 2. The van der Waals surface area contributed by atoms with Crippen molar-refractivity contribution in [3.05, 3.63) is 95.1 Å². The maximum Gasteiger partial charge on any atom is 0.244 e. The van der Waals surface area contributed by atoms with Crippen LogP contribution >= 0.6 is 23.2 Å². The van der Waals surface area contributed by atoms with Gasteiger partial charge in [0.25, 0.3) is 0 Å². The first kappa shape index (κ1) is 23.7. The van der Waals surface area contributed by atoms with Crippen molar-refractivity contribution in [2.75, 3.05) is 17.2 Å². The van der Waals surface area contributed by atoms with E-state index in [1.165, 1.54) is 6.92 Å². The molecule has 3 aliphatic carbocycles. The molecule has 2 atom stereocenters. The van der Waals surface area contributed by atoms with Crippen LogP contribution in [0.25, 0.3) is 0 Å². The highest BCUT2D eigenvalue weighted by atomic mass is 35.5. The number of nitrogens with one attached hydrogen (secondary N) is 2. The number of carbonyl (C=O) groups is 4.